The number of hydrogen-bond acceptors (Lipinski definition) is 2. The first kappa shape index (κ1) is 18.7. The lowest BCUT2D eigenvalue weighted by atomic mass is 9.87. The number of piperidine rings is 1. The molecular formula is C25H27FN2. The largest absolute Gasteiger partial charge is 0.363 e. The fourth-order valence-corrected chi connectivity index (χ4v) is 3.93. The van der Waals surface area contributed by atoms with E-state index in [0.717, 1.165) is 37.4 Å². The van der Waals surface area contributed by atoms with Crippen LogP contribution >= 0.6 is 0 Å². The molecule has 144 valence electrons. The maximum atomic E-state index is 15.3. The molecule has 0 spiro atoms. The zero-order valence-electron chi connectivity index (χ0n) is 16.2. The number of rotatable bonds is 6. The first-order valence-corrected chi connectivity index (χ1v) is 10.1. The third-order valence-corrected chi connectivity index (χ3v) is 5.58. The van der Waals surface area contributed by atoms with Crippen molar-refractivity contribution in [1.82, 2.24) is 5.32 Å². The number of benzene rings is 3. The Morgan fingerprint density at radius 1 is 0.714 bits per heavy atom. The molecule has 0 aromatic heterocycles. The van der Waals surface area contributed by atoms with Gasteiger partial charge in [0.05, 0.1) is 0 Å². The topological polar surface area (TPSA) is 15.3 Å². The molecule has 3 aromatic carbocycles. The highest BCUT2D eigenvalue weighted by Gasteiger charge is 2.33. The van der Waals surface area contributed by atoms with E-state index in [-0.39, 0.29) is 0 Å². The van der Waals surface area contributed by atoms with Crippen molar-refractivity contribution in [1.29, 1.82) is 0 Å². The molecular weight excluding hydrogens is 347 g/mol. The van der Waals surface area contributed by atoms with Gasteiger partial charge in [-0.25, -0.2) is 4.39 Å². The summed E-state index contributed by atoms with van der Waals surface area (Å²) < 4.78 is 15.3. The van der Waals surface area contributed by atoms with E-state index in [0.29, 0.717) is 12.8 Å². The second-order valence-corrected chi connectivity index (χ2v) is 7.59. The van der Waals surface area contributed by atoms with Gasteiger partial charge in [-0.05, 0) is 54.8 Å². The highest BCUT2D eigenvalue weighted by atomic mass is 19.1. The SMILES string of the molecule is FC1(c2ccc(N(Cc3ccccc3)Cc3ccccc3)cc2)CCNCC1. The summed E-state index contributed by atoms with van der Waals surface area (Å²) in [5.74, 6) is 0. The number of alkyl halides is 1. The van der Waals surface area contributed by atoms with Crippen molar-refractivity contribution >= 4 is 5.69 Å². The molecule has 0 aliphatic carbocycles. The molecule has 0 amide bonds. The normalized spacial score (nSPS) is 15.9. The molecule has 1 aliphatic rings. The number of nitrogens with one attached hydrogen (secondary N) is 1. The minimum Gasteiger partial charge on any atom is -0.363 e. The molecule has 1 heterocycles. The fraction of sp³-hybridized carbons (Fsp3) is 0.280. The summed E-state index contributed by atoms with van der Waals surface area (Å²) in [5.41, 5.74) is 3.25. The highest BCUT2D eigenvalue weighted by molar-refractivity contribution is 5.50. The van der Waals surface area contributed by atoms with Gasteiger partial charge in [0.2, 0.25) is 0 Å². The smallest absolute Gasteiger partial charge is 0.138 e. The van der Waals surface area contributed by atoms with Gasteiger partial charge in [0.15, 0.2) is 0 Å². The predicted octanol–water partition coefficient (Wildman–Crippen LogP) is 5.44. The molecule has 0 unspecified atom stereocenters. The van der Waals surface area contributed by atoms with Crippen LogP contribution in [0.1, 0.15) is 29.5 Å². The standard InChI is InChI=1S/C25H27FN2/c26-25(15-17-27-18-16-25)23-11-13-24(14-12-23)28(19-21-7-3-1-4-8-21)20-22-9-5-2-6-10-22/h1-14,27H,15-20H2. The lowest BCUT2D eigenvalue weighted by Gasteiger charge is -2.31. The third kappa shape index (κ3) is 4.42. The van der Waals surface area contributed by atoms with Crippen molar-refractivity contribution in [3.63, 3.8) is 0 Å². The van der Waals surface area contributed by atoms with Crippen LogP contribution in [0.5, 0.6) is 0 Å². The second-order valence-electron chi connectivity index (χ2n) is 7.59. The molecule has 2 nitrogen and oxygen atoms in total. The summed E-state index contributed by atoms with van der Waals surface area (Å²) in [6.45, 7) is 3.12. The van der Waals surface area contributed by atoms with Crippen LogP contribution in [-0.4, -0.2) is 13.1 Å². The molecule has 3 heteroatoms. The Kier molecular flexibility index (Phi) is 5.73. The van der Waals surface area contributed by atoms with Crippen molar-refractivity contribution in [2.75, 3.05) is 18.0 Å². The Hall–Kier alpha value is -2.65. The van der Waals surface area contributed by atoms with E-state index in [1.165, 1.54) is 11.1 Å². The van der Waals surface area contributed by atoms with Crippen LogP contribution in [0, 0.1) is 0 Å². The first-order valence-electron chi connectivity index (χ1n) is 10.1. The van der Waals surface area contributed by atoms with Crippen LogP contribution < -0.4 is 10.2 Å². The van der Waals surface area contributed by atoms with E-state index in [1.807, 2.05) is 24.3 Å². The van der Waals surface area contributed by atoms with Gasteiger partial charge in [-0.1, -0.05) is 72.8 Å². The van der Waals surface area contributed by atoms with E-state index >= 15 is 4.39 Å². The fourth-order valence-electron chi connectivity index (χ4n) is 3.93. The molecule has 28 heavy (non-hydrogen) atoms. The summed E-state index contributed by atoms with van der Waals surface area (Å²) in [7, 11) is 0. The van der Waals surface area contributed by atoms with Crippen LogP contribution in [0.15, 0.2) is 84.9 Å². The third-order valence-electron chi connectivity index (χ3n) is 5.58. The van der Waals surface area contributed by atoms with Gasteiger partial charge < -0.3 is 10.2 Å². The van der Waals surface area contributed by atoms with Crippen molar-refractivity contribution in [2.45, 2.75) is 31.6 Å². The lowest BCUT2D eigenvalue weighted by molar-refractivity contribution is 0.115. The van der Waals surface area contributed by atoms with Gasteiger partial charge in [-0.15, -0.1) is 0 Å². The summed E-state index contributed by atoms with van der Waals surface area (Å²) in [6.07, 6.45) is 1.09. The van der Waals surface area contributed by atoms with Crippen LogP contribution in [0.25, 0.3) is 0 Å². The molecule has 1 fully saturated rings. The van der Waals surface area contributed by atoms with Gasteiger partial charge in [0, 0.05) is 18.8 Å². The maximum absolute atomic E-state index is 15.3. The molecule has 0 bridgehead atoms. The molecule has 1 N–H and O–H groups in total. The van der Waals surface area contributed by atoms with Gasteiger partial charge in [0.1, 0.15) is 5.67 Å². The number of hydrogen-bond donors (Lipinski definition) is 1. The number of anilines is 1. The molecule has 1 saturated heterocycles. The molecule has 1 aliphatic heterocycles. The van der Waals surface area contributed by atoms with Gasteiger partial charge in [-0.3, -0.25) is 0 Å². The average molecular weight is 375 g/mol. The Labute approximate surface area is 167 Å². The van der Waals surface area contributed by atoms with E-state index in [9.17, 15) is 0 Å². The van der Waals surface area contributed by atoms with Crippen molar-refractivity contribution in [2.24, 2.45) is 0 Å². The number of halogens is 1. The first-order chi connectivity index (χ1) is 13.7. The van der Waals surface area contributed by atoms with E-state index in [1.54, 1.807) is 0 Å². The summed E-state index contributed by atoms with van der Waals surface area (Å²) in [4.78, 5) is 2.35. The van der Waals surface area contributed by atoms with Crippen LogP contribution in [-0.2, 0) is 18.8 Å². The van der Waals surface area contributed by atoms with Gasteiger partial charge >= 0.3 is 0 Å². The molecule has 0 atom stereocenters. The lowest BCUT2D eigenvalue weighted by Crippen LogP contribution is -2.36. The molecule has 3 aromatic rings. The maximum Gasteiger partial charge on any atom is 0.138 e. The Balaban J connectivity index is 1.58. The summed E-state index contributed by atoms with van der Waals surface area (Å²) >= 11 is 0. The molecule has 4 rings (SSSR count). The Bertz CT molecular complexity index is 815. The second kappa shape index (κ2) is 8.57. The minimum atomic E-state index is -1.20. The van der Waals surface area contributed by atoms with Crippen molar-refractivity contribution in [3.05, 3.63) is 102 Å². The quantitative estimate of drug-likeness (QED) is 0.618. The van der Waals surface area contributed by atoms with Crippen LogP contribution in [0.2, 0.25) is 0 Å². The van der Waals surface area contributed by atoms with Crippen LogP contribution in [0.3, 0.4) is 0 Å². The Morgan fingerprint density at radius 2 is 1.21 bits per heavy atom. The highest BCUT2D eigenvalue weighted by Crippen LogP contribution is 2.36. The Morgan fingerprint density at radius 3 is 1.71 bits per heavy atom. The van der Waals surface area contributed by atoms with Gasteiger partial charge in [-0.2, -0.15) is 0 Å². The van der Waals surface area contributed by atoms with E-state index in [4.69, 9.17) is 0 Å². The monoisotopic (exact) mass is 374 g/mol. The van der Waals surface area contributed by atoms with Crippen molar-refractivity contribution < 1.29 is 4.39 Å². The van der Waals surface area contributed by atoms with Crippen LogP contribution in [0.4, 0.5) is 10.1 Å². The van der Waals surface area contributed by atoms with E-state index in [2.05, 4.69) is 70.9 Å². The summed E-state index contributed by atoms with van der Waals surface area (Å²) in [6, 6.07) is 29.1. The molecule has 0 radical (unpaired) electrons. The number of nitrogens with zero attached hydrogens (tertiary/aromatic N) is 1. The molecule has 0 saturated carbocycles. The zero-order valence-corrected chi connectivity index (χ0v) is 16.2. The summed E-state index contributed by atoms with van der Waals surface area (Å²) in [5, 5.41) is 3.25. The minimum absolute atomic E-state index is 0.546. The zero-order chi connectivity index (χ0) is 19.2. The average Bonchev–Trinajstić information content (AvgIpc) is 2.75. The van der Waals surface area contributed by atoms with E-state index < -0.39 is 5.67 Å². The van der Waals surface area contributed by atoms with Crippen molar-refractivity contribution in [3.8, 4) is 0 Å². The van der Waals surface area contributed by atoms with Gasteiger partial charge in [0.25, 0.3) is 0 Å². The predicted molar refractivity (Wildman–Crippen MR) is 114 cm³/mol.